The first-order chi connectivity index (χ1) is 9.51. The van der Waals surface area contributed by atoms with Crippen molar-refractivity contribution in [3.63, 3.8) is 0 Å². The standard InChI is InChI=1S/C15H10BrFN2O/c1-9-2-4-11(16)7-12(9)15(20)19-14-5-3-10(8-18)6-13(14)17/h2-7H,1H3,(H,19,20). The number of aryl methyl sites for hydroxylation is 1. The Morgan fingerprint density at radius 1 is 1.30 bits per heavy atom. The Morgan fingerprint density at radius 2 is 2.05 bits per heavy atom. The molecule has 0 saturated heterocycles. The fourth-order valence-electron chi connectivity index (χ4n) is 1.71. The first-order valence-electron chi connectivity index (χ1n) is 5.78. The van der Waals surface area contributed by atoms with Crippen molar-refractivity contribution in [2.75, 3.05) is 5.32 Å². The molecule has 0 atom stereocenters. The molecule has 0 aromatic heterocycles. The van der Waals surface area contributed by atoms with E-state index in [1.54, 1.807) is 19.1 Å². The summed E-state index contributed by atoms with van der Waals surface area (Å²) in [6, 6.07) is 11.0. The van der Waals surface area contributed by atoms with Gasteiger partial charge in [0.05, 0.1) is 17.3 Å². The van der Waals surface area contributed by atoms with Gasteiger partial charge in [-0.2, -0.15) is 5.26 Å². The Kier molecular flexibility index (Phi) is 4.16. The van der Waals surface area contributed by atoms with Crippen LogP contribution in [-0.2, 0) is 0 Å². The Hall–Kier alpha value is -2.19. The lowest BCUT2D eigenvalue weighted by Crippen LogP contribution is -2.14. The molecule has 5 heteroatoms. The normalized spacial score (nSPS) is 9.90. The lowest BCUT2D eigenvalue weighted by atomic mass is 10.1. The molecule has 0 fully saturated rings. The minimum atomic E-state index is -0.634. The lowest BCUT2D eigenvalue weighted by molar-refractivity contribution is 0.102. The van der Waals surface area contributed by atoms with E-state index in [1.807, 2.05) is 12.1 Å². The first-order valence-corrected chi connectivity index (χ1v) is 6.57. The van der Waals surface area contributed by atoms with Crippen molar-refractivity contribution >= 4 is 27.5 Å². The fraction of sp³-hybridized carbons (Fsp3) is 0.0667. The van der Waals surface area contributed by atoms with Crippen molar-refractivity contribution in [2.24, 2.45) is 0 Å². The SMILES string of the molecule is Cc1ccc(Br)cc1C(=O)Nc1ccc(C#N)cc1F. The van der Waals surface area contributed by atoms with E-state index in [0.29, 0.717) is 5.56 Å². The first kappa shape index (κ1) is 14.2. The number of nitrogens with zero attached hydrogens (tertiary/aromatic N) is 1. The molecule has 0 bridgehead atoms. The third-order valence-electron chi connectivity index (χ3n) is 2.79. The number of nitrogens with one attached hydrogen (secondary N) is 1. The number of carbonyl (C=O) groups is 1. The number of carbonyl (C=O) groups excluding carboxylic acids is 1. The van der Waals surface area contributed by atoms with Crippen LogP contribution >= 0.6 is 15.9 Å². The summed E-state index contributed by atoms with van der Waals surface area (Å²) in [7, 11) is 0. The van der Waals surface area contributed by atoms with E-state index < -0.39 is 11.7 Å². The van der Waals surface area contributed by atoms with Crippen molar-refractivity contribution in [2.45, 2.75) is 6.92 Å². The third kappa shape index (κ3) is 3.03. The molecule has 0 aliphatic heterocycles. The van der Waals surface area contributed by atoms with Gasteiger partial charge in [-0.05, 0) is 42.8 Å². The Labute approximate surface area is 124 Å². The molecule has 3 nitrogen and oxygen atoms in total. The molecule has 0 spiro atoms. The van der Waals surface area contributed by atoms with Gasteiger partial charge >= 0.3 is 0 Å². The third-order valence-corrected chi connectivity index (χ3v) is 3.28. The summed E-state index contributed by atoms with van der Waals surface area (Å²) >= 11 is 3.29. The minimum Gasteiger partial charge on any atom is -0.319 e. The van der Waals surface area contributed by atoms with Gasteiger partial charge in [0, 0.05) is 10.0 Å². The van der Waals surface area contributed by atoms with Crippen molar-refractivity contribution in [1.82, 2.24) is 0 Å². The maximum absolute atomic E-state index is 13.7. The fourth-order valence-corrected chi connectivity index (χ4v) is 2.08. The highest BCUT2D eigenvalue weighted by Crippen LogP contribution is 2.20. The summed E-state index contributed by atoms with van der Waals surface area (Å²) in [4.78, 5) is 12.1. The quantitative estimate of drug-likeness (QED) is 0.902. The summed E-state index contributed by atoms with van der Waals surface area (Å²) < 4.78 is 14.5. The molecule has 1 amide bonds. The molecule has 0 saturated carbocycles. The van der Waals surface area contributed by atoms with Crippen LogP contribution < -0.4 is 5.32 Å². The van der Waals surface area contributed by atoms with E-state index in [-0.39, 0.29) is 11.3 Å². The van der Waals surface area contributed by atoms with Gasteiger partial charge in [0.15, 0.2) is 0 Å². The van der Waals surface area contributed by atoms with Gasteiger partial charge in [-0.15, -0.1) is 0 Å². The number of halogens is 2. The summed E-state index contributed by atoms with van der Waals surface area (Å²) in [5, 5.41) is 11.2. The molecule has 0 radical (unpaired) electrons. The highest BCUT2D eigenvalue weighted by molar-refractivity contribution is 9.10. The molecule has 0 aliphatic carbocycles. The van der Waals surface area contributed by atoms with Crippen molar-refractivity contribution in [3.8, 4) is 6.07 Å². The molecule has 2 rings (SSSR count). The number of amides is 1. The summed E-state index contributed by atoms with van der Waals surface area (Å²) in [5.74, 6) is -1.03. The molecule has 0 unspecified atom stereocenters. The topological polar surface area (TPSA) is 52.9 Å². The van der Waals surface area contributed by atoms with E-state index in [0.717, 1.165) is 16.1 Å². The van der Waals surface area contributed by atoms with Crippen LogP contribution in [0.15, 0.2) is 40.9 Å². The van der Waals surface area contributed by atoms with Gasteiger partial charge in [0.2, 0.25) is 0 Å². The van der Waals surface area contributed by atoms with E-state index in [1.165, 1.54) is 12.1 Å². The van der Waals surface area contributed by atoms with Gasteiger partial charge in [-0.1, -0.05) is 22.0 Å². The molecular formula is C15H10BrFN2O. The summed E-state index contributed by atoms with van der Waals surface area (Å²) in [5.41, 5.74) is 1.51. The molecular weight excluding hydrogens is 323 g/mol. The van der Waals surface area contributed by atoms with Crippen LogP contribution in [0.3, 0.4) is 0 Å². The largest absolute Gasteiger partial charge is 0.319 e. The molecule has 0 heterocycles. The van der Waals surface area contributed by atoms with Crippen LogP contribution in [0.4, 0.5) is 10.1 Å². The zero-order valence-corrected chi connectivity index (χ0v) is 12.2. The number of anilines is 1. The Bertz CT molecular complexity index is 722. The van der Waals surface area contributed by atoms with Gasteiger partial charge in [0.25, 0.3) is 5.91 Å². The maximum Gasteiger partial charge on any atom is 0.256 e. The predicted molar refractivity (Wildman–Crippen MR) is 77.9 cm³/mol. The van der Waals surface area contributed by atoms with E-state index in [9.17, 15) is 9.18 Å². The lowest BCUT2D eigenvalue weighted by Gasteiger charge is -2.09. The van der Waals surface area contributed by atoms with Gasteiger partial charge < -0.3 is 5.32 Å². The van der Waals surface area contributed by atoms with Crippen LogP contribution in [0.1, 0.15) is 21.5 Å². The molecule has 1 N–H and O–H groups in total. The highest BCUT2D eigenvalue weighted by atomic mass is 79.9. The molecule has 0 aliphatic rings. The average molecular weight is 333 g/mol. The van der Waals surface area contributed by atoms with Crippen molar-refractivity contribution in [3.05, 3.63) is 63.4 Å². The average Bonchev–Trinajstić information content (AvgIpc) is 2.43. The van der Waals surface area contributed by atoms with Gasteiger partial charge in [-0.3, -0.25) is 4.79 Å². The zero-order valence-electron chi connectivity index (χ0n) is 10.6. The summed E-state index contributed by atoms with van der Waals surface area (Å²) in [6.07, 6.45) is 0. The van der Waals surface area contributed by atoms with Crippen molar-refractivity contribution < 1.29 is 9.18 Å². The monoisotopic (exact) mass is 332 g/mol. The molecule has 20 heavy (non-hydrogen) atoms. The number of benzene rings is 2. The van der Waals surface area contributed by atoms with Crippen molar-refractivity contribution in [1.29, 1.82) is 5.26 Å². The molecule has 2 aromatic rings. The van der Waals surface area contributed by atoms with E-state index in [2.05, 4.69) is 21.2 Å². The highest BCUT2D eigenvalue weighted by Gasteiger charge is 2.12. The second kappa shape index (κ2) is 5.85. The minimum absolute atomic E-state index is 0.0494. The van der Waals surface area contributed by atoms with Crippen LogP contribution in [0.25, 0.3) is 0 Å². The van der Waals surface area contributed by atoms with Crippen LogP contribution in [0, 0.1) is 24.1 Å². The number of rotatable bonds is 2. The molecule has 100 valence electrons. The van der Waals surface area contributed by atoms with Crippen LogP contribution in [0.2, 0.25) is 0 Å². The Balaban J connectivity index is 2.28. The van der Waals surface area contributed by atoms with Crippen LogP contribution in [-0.4, -0.2) is 5.91 Å². The molecule has 2 aromatic carbocycles. The van der Waals surface area contributed by atoms with Gasteiger partial charge in [-0.25, -0.2) is 4.39 Å². The smallest absolute Gasteiger partial charge is 0.256 e. The van der Waals surface area contributed by atoms with E-state index >= 15 is 0 Å². The zero-order chi connectivity index (χ0) is 14.7. The van der Waals surface area contributed by atoms with Gasteiger partial charge in [0.1, 0.15) is 5.82 Å². The Morgan fingerprint density at radius 3 is 2.70 bits per heavy atom. The second-order valence-corrected chi connectivity index (χ2v) is 5.14. The number of nitriles is 1. The second-order valence-electron chi connectivity index (χ2n) is 4.22. The predicted octanol–water partition coefficient (Wildman–Crippen LogP) is 4.02. The van der Waals surface area contributed by atoms with Crippen LogP contribution in [0.5, 0.6) is 0 Å². The van der Waals surface area contributed by atoms with E-state index in [4.69, 9.17) is 5.26 Å². The summed E-state index contributed by atoms with van der Waals surface area (Å²) in [6.45, 7) is 1.80. The maximum atomic E-state index is 13.7. The number of hydrogen-bond acceptors (Lipinski definition) is 2. The number of hydrogen-bond donors (Lipinski definition) is 1.